The van der Waals surface area contributed by atoms with Crippen molar-refractivity contribution in [2.24, 2.45) is 5.41 Å². The zero-order valence-corrected chi connectivity index (χ0v) is 12.4. The molecule has 1 saturated carbocycles. The highest BCUT2D eigenvalue weighted by Crippen LogP contribution is 2.50. The number of halogens is 1. The lowest BCUT2D eigenvalue weighted by Crippen LogP contribution is -2.39. The summed E-state index contributed by atoms with van der Waals surface area (Å²) in [4.78, 5) is 0. The summed E-state index contributed by atoms with van der Waals surface area (Å²) in [5.41, 5.74) is 0.982. The lowest BCUT2D eigenvalue weighted by Gasteiger charge is -2.42. The van der Waals surface area contributed by atoms with E-state index in [2.05, 4.69) is 43.4 Å². The topological polar surface area (TPSA) is 9.23 Å². The molecule has 0 amide bonds. The molecule has 1 unspecified atom stereocenters. The van der Waals surface area contributed by atoms with E-state index >= 15 is 0 Å². The summed E-state index contributed by atoms with van der Waals surface area (Å²) < 4.78 is 7.55. The maximum absolute atomic E-state index is 6.41. The van der Waals surface area contributed by atoms with E-state index in [4.69, 9.17) is 4.74 Å². The third-order valence-electron chi connectivity index (χ3n) is 4.37. The summed E-state index contributed by atoms with van der Waals surface area (Å²) in [7, 11) is 0. The van der Waals surface area contributed by atoms with Crippen molar-refractivity contribution in [2.75, 3.05) is 4.43 Å². The Kier molecular flexibility index (Phi) is 3.13. The Morgan fingerprint density at radius 3 is 1.93 bits per heavy atom. The molecule has 0 aromatic heterocycles. The molecule has 0 aromatic carbocycles. The quantitative estimate of drug-likeness (QED) is 0.516. The molecule has 1 nitrogen and oxygen atoms in total. The standard InChI is InChI=1S/C13H23IO/c1-11(2)4-7-13(8-5-11)9-6-12(3,10-14)15-13/h4-10H2,1-3H3. The van der Waals surface area contributed by atoms with E-state index in [0.717, 1.165) is 4.43 Å². The highest BCUT2D eigenvalue weighted by molar-refractivity contribution is 14.1. The van der Waals surface area contributed by atoms with Gasteiger partial charge in [0.1, 0.15) is 0 Å². The van der Waals surface area contributed by atoms with E-state index in [-0.39, 0.29) is 11.2 Å². The fraction of sp³-hybridized carbons (Fsp3) is 1.00. The third-order valence-corrected chi connectivity index (χ3v) is 5.98. The maximum atomic E-state index is 6.41. The fourth-order valence-corrected chi connectivity index (χ4v) is 3.48. The molecule has 0 aromatic rings. The average molecular weight is 322 g/mol. The van der Waals surface area contributed by atoms with Crippen molar-refractivity contribution in [1.29, 1.82) is 0 Å². The van der Waals surface area contributed by atoms with Gasteiger partial charge in [-0.2, -0.15) is 0 Å². The molecule has 0 bridgehead atoms. The van der Waals surface area contributed by atoms with Gasteiger partial charge in [0.25, 0.3) is 0 Å². The Morgan fingerprint density at radius 1 is 0.933 bits per heavy atom. The Bertz CT molecular complexity index is 239. The minimum absolute atomic E-state index is 0.169. The van der Waals surface area contributed by atoms with Crippen LogP contribution in [-0.2, 0) is 4.74 Å². The molecule has 2 fully saturated rings. The molecule has 1 heterocycles. The lowest BCUT2D eigenvalue weighted by atomic mass is 9.70. The van der Waals surface area contributed by atoms with E-state index in [0.29, 0.717) is 5.41 Å². The van der Waals surface area contributed by atoms with Crippen molar-refractivity contribution in [3.8, 4) is 0 Å². The second kappa shape index (κ2) is 3.86. The SMILES string of the molecule is CC1(C)CCC2(CC1)CCC(C)(CI)O2. The van der Waals surface area contributed by atoms with E-state index < -0.39 is 0 Å². The maximum Gasteiger partial charge on any atom is 0.0752 e. The van der Waals surface area contributed by atoms with Gasteiger partial charge in [0, 0.05) is 4.43 Å². The Labute approximate surface area is 107 Å². The van der Waals surface area contributed by atoms with Crippen LogP contribution in [0.25, 0.3) is 0 Å². The van der Waals surface area contributed by atoms with Crippen LogP contribution in [0.15, 0.2) is 0 Å². The summed E-state index contributed by atoms with van der Waals surface area (Å²) in [6, 6.07) is 0. The van der Waals surface area contributed by atoms with Gasteiger partial charge in [-0.3, -0.25) is 0 Å². The van der Waals surface area contributed by atoms with Gasteiger partial charge in [-0.1, -0.05) is 36.4 Å². The van der Waals surface area contributed by atoms with E-state index in [1.807, 2.05) is 0 Å². The molecule has 2 aliphatic rings. The molecule has 2 heteroatoms. The number of rotatable bonds is 1. The molecule has 1 aliphatic heterocycles. The summed E-state index contributed by atoms with van der Waals surface area (Å²) in [6.45, 7) is 7.08. The van der Waals surface area contributed by atoms with Crippen molar-refractivity contribution < 1.29 is 4.74 Å². The van der Waals surface area contributed by atoms with Crippen molar-refractivity contribution in [1.82, 2.24) is 0 Å². The van der Waals surface area contributed by atoms with Crippen molar-refractivity contribution in [3.63, 3.8) is 0 Å². The van der Waals surface area contributed by atoms with Gasteiger partial charge in [-0.25, -0.2) is 0 Å². The number of alkyl halides is 1. The average Bonchev–Trinajstić information content (AvgIpc) is 2.52. The molecule has 2 rings (SSSR count). The first-order chi connectivity index (χ1) is 6.89. The highest BCUT2D eigenvalue weighted by atomic mass is 127. The summed E-state index contributed by atoms with van der Waals surface area (Å²) in [5, 5.41) is 0. The van der Waals surface area contributed by atoms with Crippen LogP contribution in [0, 0.1) is 5.41 Å². The molecular formula is C13H23IO. The summed E-state index contributed by atoms with van der Waals surface area (Å²) >= 11 is 2.47. The first-order valence-electron chi connectivity index (χ1n) is 6.15. The van der Waals surface area contributed by atoms with Crippen molar-refractivity contribution in [3.05, 3.63) is 0 Å². The van der Waals surface area contributed by atoms with Crippen molar-refractivity contribution in [2.45, 2.75) is 70.5 Å². The van der Waals surface area contributed by atoms with Crippen LogP contribution >= 0.6 is 22.6 Å². The number of ether oxygens (including phenoxy) is 1. The van der Waals surface area contributed by atoms with Crippen LogP contribution in [0.1, 0.15) is 59.3 Å². The van der Waals surface area contributed by atoms with Crippen LogP contribution < -0.4 is 0 Å². The van der Waals surface area contributed by atoms with Gasteiger partial charge in [0.05, 0.1) is 11.2 Å². The van der Waals surface area contributed by atoms with Gasteiger partial charge >= 0.3 is 0 Å². The van der Waals surface area contributed by atoms with Crippen LogP contribution in [-0.4, -0.2) is 15.6 Å². The zero-order valence-electron chi connectivity index (χ0n) is 10.2. The van der Waals surface area contributed by atoms with Gasteiger partial charge in [-0.05, 0) is 50.9 Å². The highest BCUT2D eigenvalue weighted by Gasteiger charge is 2.48. The van der Waals surface area contributed by atoms with Gasteiger partial charge < -0.3 is 4.74 Å². The fourth-order valence-electron chi connectivity index (χ4n) is 2.95. The zero-order chi connectivity index (χ0) is 11.2. The first kappa shape index (κ1) is 12.2. The predicted octanol–water partition coefficient (Wildman–Crippen LogP) is 4.33. The monoisotopic (exact) mass is 322 g/mol. The predicted molar refractivity (Wildman–Crippen MR) is 72.6 cm³/mol. The molecule has 0 N–H and O–H groups in total. The molecular weight excluding hydrogens is 299 g/mol. The Balaban J connectivity index is 2.01. The molecule has 88 valence electrons. The Morgan fingerprint density at radius 2 is 1.47 bits per heavy atom. The third kappa shape index (κ3) is 2.51. The first-order valence-corrected chi connectivity index (χ1v) is 7.68. The van der Waals surface area contributed by atoms with Crippen LogP contribution in [0.4, 0.5) is 0 Å². The summed E-state index contributed by atoms with van der Waals surface area (Å²) in [5.74, 6) is 0. The molecule has 1 aliphatic carbocycles. The van der Waals surface area contributed by atoms with Gasteiger partial charge in [0.2, 0.25) is 0 Å². The van der Waals surface area contributed by atoms with Gasteiger partial charge in [-0.15, -0.1) is 0 Å². The van der Waals surface area contributed by atoms with Crippen LogP contribution in [0.3, 0.4) is 0 Å². The molecule has 1 atom stereocenters. The number of hydrogen-bond acceptors (Lipinski definition) is 1. The van der Waals surface area contributed by atoms with Crippen LogP contribution in [0.5, 0.6) is 0 Å². The molecule has 1 spiro atoms. The van der Waals surface area contributed by atoms with Crippen molar-refractivity contribution >= 4 is 22.6 Å². The van der Waals surface area contributed by atoms with E-state index in [9.17, 15) is 0 Å². The number of hydrogen-bond donors (Lipinski definition) is 0. The van der Waals surface area contributed by atoms with Crippen LogP contribution in [0.2, 0.25) is 0 Å². The molecule has 0 radical (unpaired) electrons. The summed E-state index contributed by atoms with van der Waals surface area (Å²) in [6.07, 6.45) is 7.80. The normalized spacial score (nSPS) is 38.4. The van der Waals surface area contributed by atoms with E-state index in [1.165, 1.54) is 38.5 Å². The lowest BCUT2D eigenvalue weighted by molar-refractivity contribution is -0.112. The molecule has 1 saturated heterocycles. The minimum Gasteiger partial charge on any atom is -0.368 e. The molecule has 15 heavy (non-hydrogen) atoms. The largest absolute Gasteiger partial charge is 0.368 e. The van der Waals surface area contributed by atoms with E-state index in [1.54, 1.807) is 0 Å². The van der Waals surface area contributed by atoms with Gasteiger partial charge in [0.15, 0.2) is 0 Å². The second-order valence-corrected chi connectivity index (χ2v) is 7.30. The smallest absolute Gasteiger partial charge is 0.0752 e. The minimum atomic E-state index is 0.169. The Hall–Kier alpha value is 0.690. The second-order valence-electron chi connectivity index (χ2n) is 6.53.